The van der Waals surface area contributed by atoms with E-state index in [-0.39, 0.29) is 75.9 Å². The molecule has 4 heteroatoms. The van der Waals surface area contributed by atoms with Crippen LogP contribution in [0.2, 0.25) is 0 Å². The van der Waals surface area contributed by atoms with Crippen molar-refractivity contribution in [1.82, 2.24) is 0 Å². The molecule has 0 rings (SSSR count). The van der Waals surface area contributed by atoms with Gasteiger partial charge in [0.15, 0.2) is 17.4 Å². The molecule has 0 aliphatic carbocycles. The molecule has 0 aliphatic heterocycles. The van der Waals surface area contributed by atoms with Gasteiger partial charge in [-0.1, -0.05) is 0 Å². The van der Waals surface area contributed by atoms with Gasteiger partial charge in [-0.25, -0.2) is 0 Å². The molecule has 0 fully saturated rings. The Hall–Kier alpha value is 2.04. The maximum atomic E-state index is 0. The molecule has 0 saturated heterocycles. The molecule has 0 N–H and O–H groups in total. The quantitative estimate of drug-likeness (QED) is 0.353. The second-order valence-electron chi connectivity index (χ2n) is 0. The second kappa shape index (κ2) is 19.8. The Morgan fingerprint density at radius 2 is 0.750 bits per heavy atom. The van der Waals surface area contributed by atoms with Gasteiger partial charge in [0, 0.05) is 41.7 Å². The van der Waals surface area contributed by atoms with Gasteiger partial charge < -0.3 is 0 Å². The van der Waals surface area contributed by atoms with Crippen LogP contribution in [-0.4, -0.2) is 34.2 Å². The van der Waals surface area contributed by atoms with Crippen LogP contribution in [0.5, 0.6) is 0 Å². The van der Waals surface area contributed by atoms with E-state index in [1.807, 2.05) is 0 Å². The molecule has 0 spiro atoms. The van der Waals surface area contributed by atoms with Crippen LogP contribution in [0.25, 0.3) is 0 Å². The van der Waals surface area contributed by atoms with E-state index in [2.05, 4.69) is 0 Å². The minimum absolute atomic E-state index is 0. The van der Waals surface area contributed by atoms with Gasteiger partial charge in [0.1, 0.15) is 0 Å². The molecule has 0 radical (unpaired) electrons. The van der Waals surface area contributed by atoms with Crippen molar-refractivity contribution in [1.29, 1.82) is 0 Å². The summed E-state index contributed by atoms with van der Waals surface area (Å²) in [5.74, 6) is 0. The predicted molar refractivity (Wildman–Crippen MR) is 29.8 cm³/mol. The molecule has 0 heterocycles. The first-order valence-electron chi connectivity index (χ1n) is 0. The zero-order chi connectivity index (χ0) is 0. The molecule has 0 nitrogen and oxygen atoms in total. The largest absolute Gasteiger partial charge is 0.187 e. The predicted octanol–water partition coefficient (Wildman–Crippen LogP) is -3.55. The summed E-state index contributed by atoms with van der Waals surface area (Å²) < 4.78 is 0. The molecular formula is H9AlB2Ce. The van der Waals surface area contributed by atoms with Crippen LogP contribution in [0.1, 0.15) is 0 Å². The van der Waals surface area contributed by atoms with Crippen molar-refractivity contribution in [2.24, 2.45) is 0 Å². The van der Waals surface area contributed by atoms with Gasteiger partial charge in [0.2, 0.25) is 0 Å². The zero-order valence-electron chi connectivity index (χ0n) is 0.500. The molecule has 4 heavy (non-hydrogen) atoms. The second-order valence-corrected chi connectivity index (χ2v) is 0. The summed E-state index contributed by atoms with van der Waals surface area (Å²) in [6.07, 6.45) is 0. The fraction of sp³-hybridized carbons (Fsp3) is 0. The molecule has 0 saturated carbocycles. The third kappa shape index (κ3) is 8.97. The first kappa shape index (κ1) is 36.9. The van der Waals surface area contributed by atoms with Gasteiger partial charge in [-0.05, 0) is 0 Å². The summed E-state index contributed by atoms with van der Waals surface area (Å²) in [6.45, 7) is 0. The van der Waals surface area contributed by atoms with Crippen molar-refractivity contribution >= 4 is 34.2 Å². The van der Waals surface area contributed by atoms with Crippen LogP contribution < -0.4 is 0 Å². The average Bonchev–Trinajstić information content (AvgIpc) is 0. The maximum absolute atomic E-state index is 0. The summed E-state index contributed by atoms with van der Waals surface area (Å²) in [7, 11) is 0. The summed E-state index contributed by atoms with van der Waals surface area (Å²) in [5.41, 5.74) is 0. The number of hydrogen-bond donors (Lipinski definition) is 0. The van der Waals surface area contributed by atoms with Gasteiger partial charge in [-0.3, -0.25) is 0 Å². The summed E-state index contributed by atoms with van der Waals surface area (Å²) in [6, 6.07) is 0. The standard InChI is InChI=1S/Al.2BH3.Ce.3H/h;2*1H3;;;;. The van der Waals surface area contributed by atoms with Crippen molar-refractivity contribution in [2.75, 3.05) is 0 Å². The van der Waals surface area contributed by atoms with Gasteiger partial charge in [-0.15, -0.1) is 0 Å². The van der Waals surface area contributed by atoms with E-state index in [9.17, 15) is 0 Å². The first-order valence-corrected chi connectivity index (χ1v) is 0. The molecule has 0 atom stereocenters. The first-order chi connectivity index (χ1) is 0. The molecule has 0 aliphatic rings. The van der Waals surface area contributed by atoms with Crippen LogP contribution in [0.3, 0.4) is 0 Å². The minimum Gasteiger partial charge on any atom is 0 e. The smallest absolute Gasteiger partial charge is 0 e. The molecule has 0 aromatic heterocycles. The maximum Gasteiger partial charge on any atom is 0.187 e. The van der Waals surface area contributed by atoms with Crippen LogP contribution in [0.4, 0.5) is 0 Å². The van der Waals surface area contributed by atoms with E-state index in [1.165, 1.54) is 0 Å². The molecule has 0 aromatic rings. The fourth-order valence-electron chi connectivity index (χ4n) is 0. The Bertz CT molecular complexity index is 6.00. The van der Waals surface area contributed by atoms with Crippen molar-refractivity contribution < 1.29 is 41.7 Å². The molecule has 0 aromatic carbocycles. The monoisotopic (exact) mass is 198 g/mol. The Balaban J connectivity index is 0. The van der Waals surface area contributed by atoms with Gasteiger partial charge in [0.05, 0.1) is 16.8 Å². The minimum atomic E-state index is 0. The van der Waals surface area contributed by atoms with E-state index in [0.717, 1.165) is 0 Å². The van der Waals surface area contributed by atoms with Crippen LogP contribution in [0, 0.1) is 41.7 Å². The number of hydrogen-bond acceptors (Lipinski definition) is 0. The summed E-state index contributed by atoms with van der Waals surface area (Å²) in [5, 5.41) is 0. The Morgan fingerprint density at radius 1 is 0.750 bits per heavy atom. The van der Waals surface area contributed by atoms with E-state index < -0.39 is 0 Å². The summed E-state index contributed by atoms with van der Waals surface area (Å²) in [4.78, 5) is 0. The Morgan fingerprint density at radius 3 is 0.750 bits per heavy atom. The van der Waals surface area contributed by atoms with Crippen LogP contribution in [-0.2, 0) is 0 Å². The molecule has 22 valence electrons. The third-order valence-corrected chi connectivity index (χ3v) is 0. The van der Waals surface area contributed by atoms with E-state index in [0.29, 0.717) is 0 Å². The fourth-order valence-corrected chi connectivity index (χ4v) is 0. The number of rotatable bonds is 0. The average molecular weight is 198 g/mol. The zero-order valence-corrected chi connectivity index (χ0v) is 3.64. The van der Waals surface area contributed by atoms with Crippen molar-refractivity contribution in [3.05, 3.63) is 0 Å². The molecule has 0 unspecified atom stereocenters. The summed E-state index contributed by atoms with van der Waals surface area (Å²) >= 11 is 0. The third-order valence-electron chi connectivity index (χ3n) is 0. The van der Waals surface area contributed by atoms with Crippen molar-refractivity contribution in [3.63, 3.8) is 0 Å². The molecule has 0 bridgehead atoms. The van der Waals surface area contributed by atoms with Gasteiger partial charge in [-0.2, -0.15) is 0 Å². The molecular weight excluding hydrogens is 189 g/mol. The van der Waals surface area contributed by atoms with Gasteiger partial charge in [0.25, 0.3) is 0 Å². The SMILES string of the molecule is B.B.[AlH3].[Ce]. The van der Waals surface area contributed by atoms with Crippen molar-refractivity contribution in [2.45, 2.75) is 0 Å². The Labute approximate surface area is 74.8 Å². The van der Waals surface area contributed by atoms with Gasteiger partial charge >= 0.3 is 0 Å². The van der Waals surface area contributed by atoms with Crippen molar-refractivity contribution in [3.8, 4) is 0 Å². The molecule has 0 amide bonds. The Kier molecular flexibility index (Phi) is 182. The normalized spacial score (nSPS) is 0. The van der Waals surface area contributed by atoms with Crippen LogP contribution in [0.15, 0.2) is 0 Å². The van der Waals surface area contributed by atoms with Crippen LogP contribution >= 0.6 is 0 Å². The van der Waals surface area contributed by atoms with E-state index >= 15 is 0 Å². The van der Waals surface area contributed by atoms with E-state index in [1.54, 1.807) is 0 Å². The topological polar surface area (TPSA) is 0 Å². The van der Waals surface area contributed by atoms with E-state index in [4.69, 9.17) is 0 Å².